The summed E-state index contributed by atoms with van der Waals surface area (Å²) in [6, 6.07) is 2.18. The monoisotopic (exact) mass is 210 g/mol. The molecule has 3 atom stereocenters. The Morgan fingerprint density at radius 3 is 2.67 bits per heavy atom. The Morgan fingerprint density at radius 1 is 1.33 bits per heavy atom. The van der Waals surface area contributed by atoms with Crippen LogP contribution in [0.2, 0.25) is 0 Å². The number of carboxylic acids is 1. The van der Waals surface area contributed by atoms with Gasteiger partial charge in [0.1, 0.15) is 11.6 Å². The van der Waals surface area contributed by atoms with Crippen LogP contribution in [0.4, 0.5) is 8.78 Å². The fraction of sp³-hybridized carbons (Fsp3) is 0.364. The Balaban J connectivity index is 2.09. The zero-order valence-corrected chi connectivity index (χ0v) is 7.71. The van der Waals surface area contributed by atoms with Crippen molar-refractivity contribution in [3.8, 4) is 0 Å². The number of aliphatic carboxylic acids is 1. The molecule has 1 aromatic rings. The highest BCUT2D eigenvalue weighted by Gasteiger charge is 2.61. The maximum Gasteiger partial charge on any atom is 0.307 e. The van der Waals surface area contributed by atoms with Crippen molar-refractivity contribution in [2.24, 2.45) is 11.8 Å². The first-order valence-electron chi connectivity index (χ1n) is 4.81. The van der Waals surface area contributed by atoms with Crippen LogP contribution in [-0.4, -0.2) is 11.1 Å². The van der Waals surface area contributed by atoms with Crippen LogP contribution in [0.1, 0.15) is 17.0 Å². The van der Waals surface area contributed by atoms with Gasteiger partial charge in [-0.2, -0.15) is 0 Å². The number of rotatable bonds is 1. The molecule has 2 aliphatic rings. The molecule has 1 saturated carbocycles. The molecule has 0 unspecified atom stereocenters. The summed E-state index contributed by atoms with van der Waals surface area (Å²) in [6.07, 6.45) is 0.362. The van der Waals surface area contributed by atoms with Crippen molar-refractivity contribution in [2.45, 2.75) is 12.3 Å². The summed E-state index contributed by atoms with van der Waals surface area (Å²) < 4.78 is 26.7. The van der Waals surface area contributed by atoms with E-state index in [2.05, 4.69) is 0 Å². The Morgan fingerprint density at radius 2 is 2.00 bits per heavy atom. The van der Waals surface area contributed by atoms with Crippen LogP contribution in [0.25, 0.3) is 0 Å². The van der Waals surface area contributed by atoms with Gasteiger partial charge in [0, 0.05) is 5.92 Å². The summed E-state index contributed by atoms with van der Waals surface area (Å²) in [7, 11) is 0. The molecule has 78 valence electrons. The van der Waals surface area contributed by atoms with Gasteiger partial charge in [0.15, 0.2) is 0 Å². The molecule has 0 bridgehead atoms. The zero-order valence-electron chi connectivity index (χ0n) is 7.71. The van der Waals surface area contributed by atoms with Gasteiger partial charge in [0.25, 0.3) is 0 Å². The molecular weight excluding hydrogens is 202 g/mol. The largest absolute Gasteiger partial charge is 0.481 e. The lowest BCUT2D eigenvalue weighted by atomic mass is 10.0. The van der Waals surface area contributed by atoms with Crippen LogP contribution in [0, 0.1) is 23.5 Å². The third-order valence-corrected chi connectivity index (χ3v) is 3.47. The Hall–Kier alpha value is -1.45. The van der Waals surface area contributed by atoms with Gasteiger partial charge in [-0.1, -0.05) is 0 Å². The third-order valence-electron chi connectivity index (χ3n) is 3.47. The lowest BCUT2D eigenvalue weighted by Gasteiger charge is -2.07. The van der Waals surface area contributed by atoms with Crippen LogP contribution in [-0.2, 0) is 11.2 Å². The van der Waals surface area contributed by atoms with Crippen LogP contribution in [0.3, 0.4) is 0 Å². The average Bonchev–Trinajstić information content (AvgIpc) is 2.75. The first-order chi connectivity index (χ1) is 7.11. The smallest absolute Gasteiger partial charge is 0.307 e. The van der Waals surface area contributed by atoms with Crippen molar-refractivity contribution in [2.75, 3.05) is 0 Å². The number of benzene rings is 1. The molecule has 15 heavy (non-hydrogen) atoms. The molecule has 0 spiro atoms. The fourth-order valence-corrected chi connectivity index (χ4v) is 2.77. The predicted molar refractivity (Wildman–Crippen MR) is 47.4 cm³/mol. The van der Waals surface area contributed by atoms with Gasteiger partial charge < -0.3 is 5.11 Å². The van der Waals surface area contributed by atoms with Gasteiger partial charge >= 0.3 is 5.97 Å². The first-order valence-corrected chi connectivity index (χ1v) is 4.81. The highest BCUT2D eigenvalue weighted by molar-refractivity contribution is 5.77. The van der Waals surface area contributed by atoms with E-state index < -0.39 is 23.5 Å². The van der Waals surface area contributed by atoms with Crippen molar-refractivity contribution < 1.29 is 18.7 Å². The van der Waals surface area contributed by atoms with Gasteiger partial charge in [0.2, 0.25) is 0 Å². The van der Waals surface area contributed by atoms with Crippen LogP contribution < -0.4 is 0 Å². The molecule has 0 amide bonds. The van der Waals surface area contributed by atoms with E-state index >= 15 is 0 Å². The quantitative estimate of drug-likeness (QED) is 0.769. The van der Waals surface area contributed by atoms with Crippen molar-refractivity contribution >= 4 is 5.97 Å². The Bertz CT molecular complexity index is 470. The van der Waals surface area contributed by atoms with Crippen LogP contribution in [0.15, 0.2) is 12.1 Å². The molecule has 0 aliphatic heterocycles. The predicted octanol–water partition coefficient (Wildman–Crippen LogP) is 1.94. The van der Waals surface area contributed by atoms with Gasteiger partial charge in [-0.3, -0.25) is 4.79 Å². The molecular formula is C11H8F2O2. The molecule has 0 heterocycles. The minimum atomic E-state index is -0.903. The van der Waals surface area contributed by atoms with E-state index in [1.165, 1.54) is 0 Å². The van der Waals surface area contributed by atoms with E-state index in [1.54, 1.807) is 0 Å². The summed E-state index contributed by atoms with van der Waals surface area (Å²) in [6.45, 7) is 0. The number of hydrogen-bond donors (Lipinski definition) is 1. The van der Waals surface area contributed by atoms with Gasteiger partial charge in [-0.25, -0.2) is 8.78 Å². The van der Waals surface area contributed by atoms with E-state index in [1.807, 2.05) is 0 Å². The second kappa shape index (κ2) is 2.56. The normalized spacial score (nSPS) is 30.9. The highest BCUT2D eigenvalue weighted by Crippen LogP contribution is 2.62. The first kappa shape index (κ1) is 8.83. The van der Waals surface area contributed by atoms with E-state index in [0.29, 0.717) is 17.5 Å². The molecule has 2 aliphatic carbocycles. The molecule has 0 radical (unpaired) electrons. The fourth-order valence-electron chi connectivity index (χ4n) is 2.77. The second-order valence-electron chi connectivity index (χ2n) is 4.18. The Kier molecular flexibility index (Phi) is 1.51. The number of hydrogen-bond acceptors (Lipinski definition) is 1. The zero-order chi connectivity index (χ0) is 10.7. The van der Waals surface area contributed by atoms with Crippen LogP contribution in [0.5, 0.6) is 0 Å². The van der Waals surface area contributed by atoms with E-state index in [9.17, 15) is 13.6 Å². The highest BCUT2D eigenvalue weighted by atomic mass is 19.1. The number of halogens is 2. The number of fused-ring (bicyclic) bond motifs is 3. The maximum atomic E-state index is 13.4. The molecule has 1 aromatic carbocycles. The molecule has 4 heteroatoms. The summed E-state index contributed by atoms with van der Waals surface area (Å²) in [5.74, 6) is -2.68. The molecule has 2 nitrogen and oxygen atoms in total. The molecule has 0 aromatic heterocycles. The Labute approximate surface area is 84.5 Å². The number of carbonyl (C=O) groups is 1. The van der Waals surface area contributed by atoms with E-state index in [-0.39, 0.29) is 11.8 Å². The standard InChI is InChI=1S/C11H8F2O2/c12-6-1-2-7(13)8-4(6)3-5-9(8)10(5)11(14)15/h1-2,5,9-10H,3H2,(H,14,15)/t5-,9+,10+/m0/s1. The summed E-state index contributed by atoms with van der Waals surface area (Å²) in [5.41, 5.74) is 0.676. The molecule has 1 N–H and O–H groups in total. The minimum Gasteiger partial charge on any atom is -0.481 e. The second-order valence-corrected chi connectivity index (χ2v) is 4.18. The summed E-state index contributed by atoms with van der Waals surface area (Å²) in [5, 5.41) is 8.83. The van der Waals surface area contributed by atoms with Gasteiger partial charge in [0.05, 0.1) is 5.92 Å². The van der Waals surface area contributed by atoms with Crippen LogP contribution >= 0.6 is 0 Å². The van der Waals surface area contributed by atoms with E-state index in [4.69, 9.17) is 5.11 Å². The summed E-state index contributed by atoms with van der Waals surface area (Å²) >= 11 is 0. The summed E-state index contributed by atoms with van der Waals surface area (Å²) in [4.78, 5) is 10.8. The molecule has 0 saturated heterocycles. The van der Waals surface area contributed by atoms with Gasteiger partial charge in [-0.15, -0.1) is 0 Å². The van der Waals surface area contributed by atoms with E-state index in [0.717, 1.165) is 12.1 Å². The molecule has 3 rings (SSSR count). The van der Waals surface area contributed by atoms with Crippen molar-refractivity contribution in [3.05, 3.63) is 34.9 Å². The third kappa shape index (κ3) is 0.991. The lowest BCUT2D eigenvalue weighted by Crippen LogP contribution is -2.07. The maximum absolute atomic E-state index is 13.4. The minimum absolute atomic E-state index is 0.0936. The lowest BCUT2D eigenvalue weighted by molar-refractivity contribution is -0.139. The van der Waals surface area contributed by atoms with Crippen molar-refractivity contribution in [1.29, 1.82) is 0 Å². The van der Waals surface area contributed by atoms with Gasteiger partial charge in [-0.05, 0) is 35.6 Å². The van der Waals surface area contributed by atoms with Crippen molar-refractivity contribution in [3.63, 3.8) is 0 Å². The molecule has 1 fully saturated rings. The topological polar surface area (TPSA) is 37.3 Å². The average molecular weight is 210 g/mol. The SMILES string of the molecule is O=C(O)[C@@H]1[C@H]2Cc3c(F)ccc(F)c3[C@@H]21. The van der Waals surface area contributed by atoms with Crippen molar-refractivity contribution in [1.82, 2.24) is 0 Å². The number of carboxylic acid groups (broad SMARTS) is 1.